The molecule has 36 heavy (non-hydrogen) atoms. The molecule has 1 aromatic rings. The Hall–Kier alpha value is -3.16. The van der Waals surface area contributed by atoms with E-state index in [-0.39, 0.29) is 17.2 Å². The van der Waals surface area contributed by atoms with Gasteiger partial charge in [-0.15, -0.1) is 0 Å². The van der Waals surface area contributed by atoms with E-state index in [0.29, 0.717) is 50.9 Å². The summed E-state index contributed by atoms with van der Waals surface area (Å²) in [7, 11) is 0. The van der Waals surface area contributed by atoms with Crippen LogP contribution in [0.2, 0.25) is 0 Å². The first kappa shape index (κ1) is 23.3. The zero-order chi connectivity index (χ0) is 25.1. The maximum atomic E-state index is 13.9. The van der Waals surface area contributed by atoms with Gasteiger partial charge >= 0.3 is 5.97 Å². The molecular formula is C28H31F2N3O3. The Balaban J connectivity index is 1.23. The summed E-state index contributed by atoms with van der Waals surface area (Å²) in [5.41, 5.74) is 1.97. The van der Waals surface area contributed by atoms with E-state index in [0.717, 1.165) is 48.8 Å². The summed E-state index contributed by atoms with van der Waals surface area (Å²) in [6.07, 6.45) is 11.7. The molecule has 3 aliphatic heterocycles. The lowest BCUT2D eigenvalue weighted by atomic mass is 9.53. The van der Waals surface area contributed by atoms with Crippen LogP contribution in [-0.2, 0) is 16.1 Å². The smallest absolute Gasteiger partial charge is 0.309 e. The second kappa shape index (κ2) is 8.46. The van der Waals surface area contributed by atoms with Crippen molar-refractivity contribution in [2.45, 2.75) is 57.9 Å². The van der Waals surface area contributed by atoms with E-state index in [1.54, 1.807) is 0 Å². The maximum Gasteiger partial charge on any atom is 0.309 e. The summed E-state index contributed by atoms with van der Waals surface area (Å²) in [6.45, 7) is 1.60. The van der Waals surface area contributed by atoms with Crippen molar-refractivity contribution in [1.82, 2.24) is 15.1 Å². The van der Waals surface area contributed by atoms with Gasteiger partial charge in [0.1, 0.15) is 17.5 Å². The Labute approximate surface area is 209 Å². The van der Waals surface area contributed by atoms with E-state index in [1.165, 1.54) is 12.1 Å². The van der Waals surface area contributed by atoms with E-state index < -0.39 is 23.0 Å². The fourth-order valence-corrected chi connectivity index (χ4v) is 7.01. The molecule has 3 saturated carbocycles. The lowest BCUT2D eigenvalue weighted by molar-refractivity contribution is -0.160. The van der Waals surface area contributed by atoms with Crippen molar-refractivity contribution >= 4 is 11.9 Å². The van der Waals surface area contributed by atoms with Gasteiger partial charge in [0.05, 0.1) is 5.41 Å². The number of allylic oxidation sites excluding steroid dienone is 2. The number of hydrogen-bond acceptors (Lipinski definition) is 4. The molecule has 6 nitrogen and oxygen atoms in total. The van der Waals surface area contributed by atoms with Gasteiger partial charge in [-0.3, -0.25) is 9.59 Å². The second-order valence-corrected chi connectivity index (χ2v) is 11.2. The van der Waals surface area contributed by atoms with Crippen LogP contribution in [0.1, 0.15) is 56.9 Å². The predicted molar refractivity (Wildman–Crippen MR) is 129 cm³/mol. The number of amides is 1. The number of carboxylic acid groups (broad SMARTS) is 1. The lowest BCUT2D eigenvalue weighted by Gasteiger charge is -2.51. The highest BCUT2D eigenvalue weighted by molar-refractivity contribution is 5.79. The Bertz CT molecular complexity index is 1180. The minimum absolute atomic E-state index is 0.0794. The molecule has 3 aliphatic carbocycles. The summed E-state index contributed by atoms with van der Waals surface area (Å²) in [4.78, 5) is 29.2. The molecule has 0 aromatic heterocycles. The average molecular weight is 496 g/mol. The van der Waals surface area contributed by atoms with E-state index >= 15 is 0 Å². The molecule has 1 unspecified atom stereocenters. The Morgan fingerprint density at radius 3 is 2.42 bits per heavy atom. The minimum atomic E-state index is -0.687. The third-order valence-electron chi connectivity index (χ3n) is 9.18. The molecule has 0 saturated heterocycles. The zero-order valence-corrected chi connectivity index (χ0v) is 20.2. The molecule has 0 radical (unpaired) electrons. The summed E-state index contributed by atoms with van der Waals surface area (Å²) in [5.74, 6) is -0.747. The fourth-order valence-electron chi connectivity index (χ4n) is 7.01. The molecule has 0 spiro atoms. The van der Waals surface area contributed by atoms with Crippen LogP contribution in [0.15, 0.2) is 53.6 Å². The number of nitrogens with zero attached hydrogens (tertiary/aromatic N) is 2. The number of halogens is 2. The van der Waals surface area contributed by atoms with Crippen LogP contribution < -0.4 is 5.32 Å². The van der Waals surface area contributed by atoms with Gasteiger partial charge in [-0.1, -0.05) is 12.2 Å². The van der Waals surface area contributed by atoms with Crippen LogP contribution in [-0.4, -0.2) is 39.9 Å². The van der Waals surface area contributed by atoms with E-state index in [9.17, 15) is 23.5 Å². The predicted octanol–water partition coefficient (Wildman–Crippen LogP) is 4.66. The van der Waals surface area contributed by atoms with Gasteiger partial charge in [0.25, 0.3) is 0 Å². The number of aliphatic carboxylic acids is 1. The van der Waals surface area contributed by atoms with Gasteiger partial charge in [0, 0.05) is 55.5 Å². The van der Waals surface area contributed by atoms with Crippen molar-refractivity contribution in [3.63, 3.8) is 0 Å². The SMILES string of the molecule is O=C(CC12CCC(C(=O)O)(CC1)CC2)N1C=C2C(CC1)C1=C(NCC=C1)N2Cc1cc(F)cc(F)c1. The van der Waals surface area contributed by atoms with Gasteiger partial charge in [0.15, 0.2) is 0 Å². The van der Waals surface area contributed by atoms with Gasteiger partial charge in [-0.2, -0.15) is 0 Å². The molecule has 7 rings (SSSR count). The molecule has 8 heteroatoms. The highest BCUT2D eigenvalue weighted by atomic mass is 19.1. The topological polar surface area (TPSA) is 72.9 Å². The van der Waals surface area contributed by atoms with Gasteiger partial charge in [-0.05, 0) is 68.1 Å². The minimum Gasteiger partial charge on any atom is -0.481 e. The molecular weight excluding hydrogens is 464 g/mol. The van der Waals surface area contributed by atoms with Crippen LogP contribution in [0.4, 0.5) is 8.78 Å². The molecule has 2 N–H and O–H groups in total. The van der Waals surface area contributed by atoms with Crippen molar-refractivity contribution in [3.8, 4) is 0 Å². The molecule has 1 atom stereocenters. The van der Waals surface area contributed by atoms with Crippen molar-refractivity contribution < 1.29 is 23.5 Å². The first-order valence-corrected chi connectivity index (χ1v) is 12.9. The maximum absolute atomic E-state index is 13.9. The Morgan fingerprint density at radius 2 is 1.75 bits per heavy atom. The van der Waals surface area contributed by atoms with Crippen molar-refractivity contribution in [2.24, 2.45) is 16.7 Å². The summed E-state index contributed by atoms with van der Waals surface area (Å²) >= 11 is 0. The summed E-state index contributed by atoms with van der Waals surface area (Å²) in [5, 5.41) is 13.1. The number of hydrogen-bond donors (Lipinski definition) is 2. The normalized spacial score (nSPS) is 30.6. The Morgan fingerprint density at radius 1 is 1.06 bits per heavy atom. The van der Waals surface area contributed by atoms with E-state index in [1.807, 2.05) is 11.1 Å². The average Bonchev–Trinajstić information content (AvgIpc) is 3.17. The highest BCUT2D eigenvalue weighted by Gasteiger charge is 2.53. The van der Waals surface area contributed by atoms with E-state index in [2.05, 4.69) is 22.4 Å². The number of dihydropyridines is 1. The van der Waals surface area contributed by atoms with E-state index in [4.69, 9.17) is 0 Å². The first-order chi connectivity index (χ1) is 17.3. The molecule has 3 heterocycles. The highest BCUT2D eigenvalue weighted by Crippen LogP contribution is 2.58. The number of rotatable bonds is 5. The van der Waals surface area contributed by atoms with Crippen LogP contribution >= 0.6 is 0 Å². The number of carbonyl (C=O) groups is 2. The second-order valence-electron chi connectivity index (χ2n) is 11.2. The zero-order valence-electron chi connectivity index (χ0n) is 20.2. The number of benzene rings is 1. The summed E-state index contributed by atoms with van der Waals surface area (Å²) < 4.78 is 27.8. The Kier molecular flexibility index (Phi) is 5.46. The monoisotopic (exact) mass is 495 g/mol. The standard InChI is InChI=1S/C28H31F2N3O3/c29-19-12-18(13-20(30)14-19)16-33-23-17-32(11-3-21(23)22-2-1-10-31-25(22)33)24(34)15-27-4-7-28(8-5-27,9-6-27)26(35)36/h1-2,12-14,17,21,31H,3-11,15-16H2,(H,35,36). The lowest BCUT2D eigenvalue weighted by Crippen LogP contribution is -2.48. The van der Waals surface area contributed by atoms with Crippen LogP contribution in [0.25, 0.3) is 0 Å². The first-order valence-electron chi connectivity index (χ1n) is 12.9. The number of nitrogens with one attached hydrogen (secondary N) is 1. The van der Waals surface area contributed by atoms with Crippen LogP contribution in [0.3, 0.4) is 0 Å². The van der Waals surface area contributed by atoms with Crippen LogP contribution in [0, 0.1) is 28.4 Å². The van der Waals surface area contributed by atoms with Crippen molar-refractivity contribution in [2.75, 3.05) is 13.1 Å². The number of carbonyl (C=O) groups excluding carboxylic acids is 1. The molecule has 6 aliphatic rings. The molecule has 2 bridgehead atoms. The molecule has 190 valence electrons. The quantitative estimate of drug-likeness (QED) is 0.622. The van der Waals surface area contributed by atoms with Crippen LogP contribution in [0.5, 0.6) is 0 Å². The number of carboxylic acids is 1. The molecule has 1 aromatic carbocycles. The third kappa shape index (κ3) is 3.82. The van der Waals surface area contributed by atoms with Gasteiger partial charge in [0.2, 0.25) is 5.91 Å². The molecule has 1 amide bonds. The van der Waals surface area contributed by atoms with Crippen molar-refractivity contribution in [1.29, 1.82) is 0 Å². The third-order valence-corrected chi connectivity index (χ3v) is 9.18. The fraction of sp³-hybridized carbons (Fsp3) is 0.500. The van der Waals surface area contributed by atoms with Gasteiger partial charge < -0.3 is 20.2 Å². The summed E-state index contributed by atoms with van der Waals surface area (Å²) in [6, 6.07) is 3.58. The largest absolute Gasteiger partial charge is 0.481 e. The van der Waals surface area contributed by atoms with Gasteiger partial charge in [-0.25, -0.2) is 8.78 Å². The number of fused-ring (bicyclic) bond motifs is 5. The molecule has 3 fully saturated rings. The van der Waals surface area contributed by atoms with Crippen molar-refractivity contribution in [3.05, 3.63) is 70.8 Å².